The molecule has 0 aliphatic heterocycles. The van der Waals surface area contributed by atoms with E-state index >= 15 is 0 Å². The largest absolute Gasteiger partial charge is 0.386 e. The molecule has 0 saturated heterocycles. The first-order valence-electron chi connectivity index (χ1n) is 8.41. The van der Waals surface area contributed by atoms with Crippen molar-refractivity contribution in [3.05, 3.63) is 34.9 Å². The second kappa shape index (κ2) is 6.20. The van der Waals surface area contributed by atoms with Gasteiger partial charge in [0.1, 0.15) is 5.78 Å². The predicted octanol–water partition coefficient (Wildman–Crippen LogP) is 4.05. The third-order valence-corrected chi connectivity index (χ3v) is 4.58. The van der Waals surface area contributed by atoms with Gasteiger partial charge in [-0.1, -0.05) is 32.9 Å². The zero-order valence-electron chi connectivity index (χ0n) is 14.9. The van der Waals surface area contributed by atoms with E-state index in [1.54, 1.807) is 13.8 Å². The van der Waals surface area contributed by atoms with E-state index in [1.165, 1.54) is 0 Å². The predicted molar refractivity (Wildman–Crippen MR) is 91.5 cm³/mol. The first-order valence-corrected chi connectivity index (χ1v) is 8.41. The Kier molecular flexibility index (Phi) is 4.81. The molecule has 0 saturated carbocycles. The van der Waals surface area contributed by atoms with Crippen LogP contribution in [0.5, 0.6) is 0 Å². The highest BCUT2D eigenvalue weighted by Crippen LogP contribution is 2.39. The number of hydrogen-bond donors (Lipinski definition) is 1. The van der Waals surface area contributed by atoms with Crippen LogP contribution < -0.4 is 0 Å². The minimum absolute atomic E-state index is 0.0807. The van der Waals surface area contributed by atoms with Crippen LogP contribution in [0.3, 0.4) is 0 Å². The van der Waals surface area contributed by atoms with Crippen LogP contribution in [-0.2, 0) is 16.8 Å². The van der Waals surface area contributed by atoms with E-state index in [4.69, 9.17) is 0 Å². The lowest BCUT2D eigenvalue weighted by Gasteiger charge is -2.34. The van der Waals surface area contributed by atoms with E-state index in [1.807, 2.05) is 39.0 Å². The Bertz CT molecular complexity index is 622. The molecule has 126 valence electrons. The Balaban J connectivity index is 2.24. The summed E-state index contributed by atoms with van der Waals surface area (Å²) >= 11 is 0. The molecular formula is C20H28O3. The highest BCUT2D eigenvalue weighted by atomic mass is 16.3. The molecule has 1 aliphatic rings. The molecule has 0 heterocycles. The fraction of sp³-hybridized carbons (Fsp3) is 0.600. The molecule has 0 radical (unpaired) electrons. The molecule has 1 N–H and O–H groups in total. The maximum atomic E-state index is 12.6. The van der Waals surface area contributed by atoms with E-state index in [9.17, 15) is 14.7 Å². The van der Waals surface area contributed by atoms with E-state index < -0.39 is 5.60 Å². The number of fused-ring (bicyclic) bond motifs is 1. The SMILES string of the molecule is CC(C)CC(=O)CC1(C)CC(=O)c2cc(C(C)(C)O)ccc2C1. The summed E-state index contributed by atoms with van der Waals surface area (Å²) in [6.45, 7) is 9.56. The van der Waals surface area contributed by atoms with Gasteiger partial charge in [-0.05, 0) is 48.8 Å². The topological polar surface area (TPSA) is 54.4 Å². The maximum Gasteiger partial charge on any atom is 0.163 e. The van der Waals surface area contributed by atoms with Gasteiger partial charge in [0.05, 0.1) is 5.60 Å². The molecule has 23 heavy (non-hydrogen) atoms. The average Bonchev–Trinajstić information content (AvgIpc) is 2.34. The van der Waals surface area contributed by atoms with Crippen molar-refractivity contribution in [3.63, 3.8) is 0 Å². The van der Waals surface area contributed by atoms with Gasteiger partial charge >= 0.3 is 0 Å². The van der Waals surface area contributed by atoms with Gasteiger partial charge in [-0.15, -0.1) is 0 Å². The maximum absolute atomic E-state index is 12.6. The molecule has 0 aromatic heterocycles. The average molecular weight is 316 g/mol. The summed E-state index contributed by atoms with van der Waals surface area (Å²) in [4.78, 5) is 24.8. The van der Waals surface area contributed by atoms with Gasteiger partial charge in [0.15, 0.2) is 5.78 Å². The number of carbonyl (C=O) groups is 2. The molecule has 0 fully saturated rings. The summed E-state index contributed by atoms with van der Waals surface area (Å²) in [5.74, 6) is 0.677. The van der Waals surface area contributed by atoms with Gasteiger partial charge in [-0.2, -0.15) is 0 Å². The molecule has 2 rings (SSSR count). The molecule has 1 unspecified atom stereocenters. The summed E-state index contributed by atoms with van der Waals surface area (Å²) in [5, 5.41) is 10.1. The summed E-state index contributed by atoms with van der Waals surface area (Å²) in [6.07, 6.45) is 2.18. The van der Waals surface area contributed by atoms with Crippen molar-refractivity contribution < 1.29 is 14.7 Å². The summed E-state index contributed by atoms with van der Waals surface area (Å²) < 4.78 is 0. The van der Waals surface area contributed by atoms with Gasteiger partial charge in [-0.25, -0.2) is 0 Å². The second-order valence-corrected chi connectivity index (χ2v) is 8.33. The third kappa shape index (κ3) is 4.29. The van der Waals surface area contributed by atoms with Crippen molar-refractivity contribution in [1.82, 2.24) is 0 Å². The lowest BCUT2D eigenvalue weighted by molar-refractivity contribution is -0.121. The van der Waals surface area contributed by atoms with Crippen LogP contribution in [0.2, 0.25) is 0 Å². The lowest BCUT2D eigenvalue weighted by atomic mass is 9.69. The normalized spacial score (nSPS) is 21.4. The molecule has 1 aliphatic carbocycles. The zero-order valence-corrected chi connectivity index (χ0v) is 14.9. The number of ketones is 2. The molecule has 0 bridgehead atoms. The molecule has 1 aromatic rings. The van der Waals surface area contributed by atoms with Crippen LogP contribution in [-0.4, -0.2) is 16.7 Å². The molecule has 0 amide bonds. The standard InChI is InChI=1S/C20H28O3/c1-13(2)8-16(21)11-20(5)10-14-6-7-15(19(3,4)23)9-17(14)18(22)12-20/h6-7,9,13,23H,8,10-12H2,1-5H3. The Labute approximate surface area is 139 Å². The van der Waals surface area contributed by atoms with Gasteiger partial charge in [0.2, 0.25) is 0 Å². The molecule has 1 atom stereocenters. The van der Waals surface area contributed by atoms with E-state index in [0.29, 0.717) is 30.7 Å². The Morgan fingerprint density at radius 2 is 1.96 bits per heavy atom. The van der Waals surface area contributed by atoms with E-state index in [2.05, 4.69) is 0 Å². The fourth-order valence-corrected chi connectivity index (χ4v) is 3.50. The molecule has 1 aromatic carbocycles. The van der Waals surface area contributed by atoms with Crippen LogP contribution in [0.15, 0.2) is 18.2 Å². The summed E-state index contributed by atoms with van der Waals surface area (Å²) in [6, 6.07) is 5.63. The molecular weight excluding hydrogens is 288 g/mol. The Morgan fingerprint density at radius 1 is 1.30 bits per heavy atom. The molecule has 3 heteroatoms. The fourth-order valence-electron chi connectivity index (χ4n) is 3.50. The van der Waals surface area contributed by atoms with Crippen molar-refractivity contribution >= 4 is 11.6 Å². The second-order valence-electron chi connectivity index (χ2n) is 8.33. The number of rotatable bonds is 5. The van der Waals surface area contributed by atoms with Gasteiger partial charge in [0.25, 0.3) is 0 Å². The summed E-state index contributed by atoms with van der Waals surface area (Å²) in [7, 11) is 0. The third-order valence-electron chi connectivity index (χ3n) is 4.58. The number of benzene rings is 1. The number of aliphatic hydroxyl groups is 1. The van der Waals surface area contributed by atoms with Crippen LogP contribution in [0.25, 0.3) is 0 Å². The minimum Gasteiger partial charge on any atom is -0.386 e. The van der Waals surface area contributed by atoms with Crippen molar-refractivity contribution in [3.8, 4) is 0 Å². The smallest absolute Gasteiger partial charge is 0.163 e. The highest BCUT2D eigenvalue weighted by Gasteiger charge is 2.36. The van der Waals surface area contributed by atoms with Crippen LogP contribution in [0.4, 0.5) is 0 Å². The first-order chi connectivity index (χ1) is 10.5. The van der Waals surface area contributed by atoms with Crippen molar-refractivity contribution in [2.75, 3.05) is 0 Å². The number of hydrogen-bond acceptors (Lipinski definition) is 3. The van der Waals surface area contributed by atoms with E-state index in [-0.39, 0.29) is 17.0 Å². The number of carbonyl (C=O) groups excluding carboxylic acids is 2. The van der Waals surface area contributed by atoms with E-state index in [0.717, 1.165) is 17.5 Å². The quantitative estimate of drug-likeness (QED) is 0.891. The minimum atomic E-state index is -0.955. The molecule has 3 nitrogen and oxygen atoms in total. The summed E-state index contributed by atoms with van der Waals surface area (Å²) in [5.41, 5.74) is 1.21. The lowest BCUT2D eigenvalue weighted by Crippen LogP contribution is -2.32. The molecule has 0 spiro atoms. The monoisotopic (exact) mass is 316 g/mol. The first kappa shape index (κ1) is 17.9. The zero-order chi connectivity index (χ0) is 17.4. The van der Waals surface area contributed by atoms with Crippen LogP contribution >= 0.6 is 0 Å². The van der Waals surface area contributed by atoms with Crippen LogP contribution in [0, 0.1) is 11.3 Å². The van der Waals surface area contributed by atoms with Crippen molar-refractivity contribution in [1.29, 1.82) is 0 Å². The van der Waals surface area contributed by atoms with Gasteiger partial charge in [0, 0.05) is 24.8 Å². The van der Waals surface area contributed by atoms with Gasteiger partial charge < -0.3 is 5.11 Å². The highest BCUT2D eigenvalue weighted by molar-refractivity contribution is 5.99. The Morgan fingerprint density at radius 3 is 2.52 bits per heavy atom. The van der Waals surface area contributed by atoms with Gasteiger partial charge in [-0.3, -0.25) is 9.59 Å². The van der Waals surface area contributed by atoms with Crippen LogP contribution in [0.1, 0.15) is 75.4 Å². The van der Waals surface area contributed by atoms with Crippen molar-refractivity contribution in [2.24, 2.45) is 11.3 Å². The Hall–Kier alpha value is -1.48. The number of Topliss-reactive ketones (excluding diaryl/α,β-unsaturated/α-hetero) is 2. The van der Waals surface area contributed by atoms with Crippen molar-refractivity contribution in [2.45, 2.75) is 65.9 Å².